The normalized spacial score (nSPS) is 38.8. The Kier molecular flexibility index (Phi) is 2.76. The molecular formula is C12H19NO3. The van der Waals surface area contributed by atoms with Gasteiger partial charge in [-0.25, -0.2) is 0 Å². The van der Waals surface area contributed by atoms with Crippen LogP contribution in [-0.2, 0) is 4.79 Å². The Morgan fingerprint density at radius 1 is 1.06 bits per heavy atom. The second-order valence-electron chi connectivity index (χ2n) is 5.34. The van der Waals surface area contributed by atoms with Gasteiger partial charge < -0.3 is 0 Å². The Labute approximate surface area is 95.6 Å². The molecule has 2 rings (SSSR count). The van der Waals surface area contributed by atoms with Crippen LogP contribution in [0.15, 0.2) is 0 Å². The summed E-state index contributed by atoms with van der Waals surface area (Å²) in [7, 11) is 0. The Balaban J connectivity index is 2.47. The molecule has 16 heavy (non-hydrogen) atoms. The van der Waals surface area contributed by atoms with Gasteiger partial charge >= 0.3 is 0 Å². The molecule has 90 valence electrons. The maximum absolute atomic E-state index is 12.0. The molecule has 0 N–H and O–H groups in total. The summed E-state index contributed by atoms with van der Waals surface area (Å²) in [6.07, 6.45) is 6.38. The molecular weight excluding hydrogens is 206 g/mol. The molecule has 0 aliphatic heterocycles. The van der Waals surface area contributed by atoms with Crippen molar-refractivity contribution < 1.29 is 9.72 Å². The summed E-state index contributed by atoms with van der Waals surface area (Å²) in [5.74, 6) is 0.0450. The van der Waals surface area contributed by atoms with E-state index in [-0.39, 0.29) is 10.7 Å². The number of hydrogen-bond acceptors (Lipinski definition) is 3. The van der Waals surface area contributed by atoms with Crippen molar-refractivity contribution in [3.05, 3.63) is 10.1 Å². The van der Waals surface area contributed by atoms with Crippen molar-refractivity contribution in [2.45, 2.75) is 63.8 Å². The molecule has 0 unspecified atom stereocenters. The van der Waals surface area contributed by atoms with E-state index in [2.05, 4.69) is 0 Å². The zero-order valence-corrected chi connectivity index (χ0v) is 9.83. The van der Waals surface area contributed by atoms with Crippen LogP contribution in [-0.4, -0.2) is 16.2 Å². The van der Waals surface area contributed by atoms with E-state index in [9.17, 15) is 14.9 Å². The van der Waals surface area contributed by atoms with Crippen LogP contribution in [0, 0.1) is 15.5 Å². The molecule has 2 fully saturated rings. The van der Waals surface area contributed by atoms with Gasteiger partial charge in [-0.2, -0.15) is 0 Å². The number of rotatable bonds is 2. The lowest BCUT2D eigenvalue weighted by atomic mass is 9.53. The molecule has 0 radical (unpaired) electrons. The smallest absolute Gasteiger partial charge is 0.234 e. The summed E-state index contributed by atoms with van der Waals surface area (Å²) in [5, 5.41) is 11.5. The number of ketones is 1. The van der Waals surface area contributed by atoms with Crippen LogP contribution in [0.5, 0.6) is 0 Å². The molecule has 0 bridgehead atoms. The molecule has 2 saturated carbocycles. The van der Waals surface area contributed by atoms with E-state index >= 15 is 0 Å². The van der Waals surface area contributed by atoms with Gasteiger partial charge in [-0.15, -0.1) is 0 Å². The number of nitrogens with zero attached hydrogens (tertiary/aromatic N) is 1. The van der Waals surface area contributed by atoms with Crippen molar-refractivity contribution in [3.8, 4) is 0 Å². The van der Waals surface area contributed by atoms with Crippen molar-refractivity contribution in [1.29, 1.82) is 0 Å². The fourth-order valence-electron chi connectivity index (χ4n) is 3.92. The summed E-state index contributed by atoms with van der Waals surface area (Å²) >= 11 is 0. The number of Topliss-reactive ketones (excluding diaryl/α,β-unsaturated/α-hetero) is 1. The minimum atomic E-state index is -0.935. The van der Waals surface area contributed by atoms with Crippen LogP contribution in [0.3, 0.4) is 0 Å². The van der Waals surface area contributed by atoms with Crippen LogP contribution in [0.4, 0.5) is 0 Å². The van der Waals surface area contributed by atoms with Crippen molar-refractivity contribution in [2.75, 3.05) is 0 Å². The monoisotopic (exact) mass is 225 g/mol. The van der Waals surface area contributed by atoms with Crippen LogP contribution in [0.1, 0.15) is 58.3 Å². The SMILES string of the molecule is CC(=O)C12CCCCC1([N+](=O)[O-])CCCC2. The van der Waals surface area contributed by atoms with Crippen molar-refractivity contribution in [1.82, 2.24) is 0 Å². The second kappa shape index (κ2) is 3.82. The summed E-state index contributed by atoms with van der Waals surface area (Å²) in [5.41, 5.74) is -1.58. The highest BCUT2D eigenvalue weighted by molar-refractivity contribution is 5.84. The minimum Gasteiger partial charge on any atom is -0.299 e. The Bertz CT molecular complexity index is 280. The standard InChI is InChI=1S/C12H19NO3/c1-10(14)11-6-2-4-8-12(11,13(15)16)9-5-3-7-11/h2-9H2,1H3. The topological polar surface area (TPSA) is 60.2 Å². The van der Waals surface area contributed by atoms with E-state index < -0.39 is 11.0 Å². The average molecular weight is 225 g/mol. The van der Waals surface area contributed by atoms with Gasteiger partial charge in [0.1, 0.15) is 5.78 Å². The molecule has 2 aliphatic carbocycles. The van der Waals surface area contributed by atoms with Gasteiger partial charge in [-0.05, 0) is 32.6 Å². The maximum atomic E-state index is 12.0. The van der Waals surface area contributed by atoms with E-state index in [1.807, 2.05) is 0 Å². The quantitative estimate of drug-likeness (QED) is 0.536. The average Bonchev–Trinajstić information content (AvgIpc) is 2.28. The largest absolute Gasteiger partial charge is 0.299 e. The van der Waals surface area contributed by atoms with E-state index in [1.54, 1.807) is 6.92 Å². The first kappa shape index (κ1) is 11.6. The molecule has 0 saturated heterocycles. The first-order chi connectivity index (χ1) is 7.55. The lowest BCUT2D eigenvalue weighted by Gasteiger charge is -2.48. The molecule has 0 spiro atoms. The molecule has 0 aromatic heterocycles. The first-order valence-electron chi connectivity index (χ1n) is 6.21. The van der Waals surface area contributed by atoms with Gasteiger partial charge in [-0.1, -0.05) is 12.8 Å². The maximum Gasteiger partial charge on any atom is 0.234 e. The lowest BCUT2D eigenvalue weighted by Crippen LogP contribution is -2.60. The van der Waals surface area contributed by atoms with Crippen molar-refractivity contribution >= 4 is 5.78 Å². The van der Waals surface area contributed by atoms with Gasteiger partial charge in [0, 0.05) is 17.8 Å². The van der Waals surface area contributed by atoms with Crippen LogP contribution < -0.4 is 0 Å². The van der Waals surface area contributed by atoms with Crippen LogP contribution in [0.25, 0.3) is 0 Å². The first-order valence-corrected chi connectivity index (χ1v) is 6.21. The fraction of sp³-hybridized carbons (Fsp3) is 0.917. The molecule has 2 aliphatic rings. The number of carbonyl (C=O) groups is 1. The molecule has 0 aromatic rings. The number of nitro groups is 1. The number of carbonyl (C=O) groups excluding carboxylic acids is 1. The predicted octanol–water partition coefficient (Wildman–Crippen LogP) is 2.73. The minimum absolute atomic E-state index is 0.0450. The third-order valence-electron chi connectivity index (χ3n) is 4.80. The molecule has 4 nitrogen and oxygen atoms in total. The summed E-state index contributed by atoms with van der Waals surface area (Å²) < 4.78 is 0. The lowest BCUT2D eigenvalue weighted by molar-refractivity contribution is -0.597. The summed E-state index contributed by atoms with van der Waals surface area (Å²) in [4.78, 5) is 23.3. The highest BCUT2D eigenvalue weighted by Gasteiger charge is 2.65. The molecule has 0 heterocycles. The number of fused-ring (bicyclic) bond motifs is 1. The van der Waals surface area contributed by atoms with Gasteiger partial charge in [0.25, 0.3) is 0 Å². The zero-order chi connectivity index (χ0) is 11.8. The third kappa shape index (κ3) is 1.31. The van der Waals surface area contributed by atoms with Gasteiger partial charge in [0.05, 0.1) is 5.41 Å². The molecule has 4 heteroatoms. The summed E-state index contributed by atoms with van der Waals surface area (Å²) in [6, 6.07) is 0. The predicted molar refractivity (Wildman–Crippen MR) is 59.8 cm³/mol. The van der Waals surface area contributed by atoms with E-state index in [1.165, 1.54) is 0 Å². The van der Waals surface area contributed by atoms with Gasteiger partial charge in [0.15, 0.2) is 0 Å². The Hall–Kier alpha value is -0.930. The Morgan fingerprint density at radius 3 is 1.81 bits per heavy atom. The van der Waals surface area contributed by atoms with E-state index in [0.29, 0.717) is 12.8 Å². The van der Waals surface area contributed by atoms with E-state index in [4.69, 9.17) is 0 Å². The number of hydrogen-bond donors (Lipinski definition) is 0. The second-order valence-corrected chi connectivity index (χ2v) is 5.34. The van der Waals surface area contributed by atoms with Crippen molar-refractivity contribution in [3.63, 3.8) is 0 Å². The molecule has 0 atom stereocenters. The fourth-order valence-corrected chi connectivity index (χ4v) is 3.92. The summed E-state index contributed by atoms with van der Waals surface area (Å²) in [6.45, 7) is 1.55. The third-order valence-corrected chi connectivity index (χ3v) is 4.80. The Morgan fingerprint density at radius 2 is 1.50 bits per heavy atom. The molecule has 0 aromatic carbocycles. The zero-order valence-electron chi connectivity index (χ0n) is 9.83. The van der Waals surface area contributed by atoms with Crippen molar-refractivity contribution in [2.24, 2.45) is 5.41 Å². The van der Waals surface area contributed by atoms with Crippen LogP contribution >= 0.6 is 0 Å². The molecule has 0 amide bonds. The van der Waals surface area contributed by atoms with Gasteiger partial charge in [0.2, 0.25) is 5.54 Å². The highest BCUT2D eigenvalue weighted by Crippen LogP contribution is 2.55. The van der Waals surface area contributed by atoms with Gasteiger partial charge in [-0.3, -0.25) is 14.9 Å². The van der Waals surface area contributed by atoms with Crippen LogP contribution in [0.2, 0.25) is 0 Å². The highest BCUT2D eigenvalue weighted by atomic mass is 16.6. The van der Waals surface area contributed by atoms with E-state index in [0.717, 1.165) is 38.5 Å².